The number of rotatable bonds is 11. The fourth-order valence-electron chi connectivity index (χ4n) is 2.10. The van der Waals surface area contributed by atoms with Crippen molar-refractivity contribution in [2.24, 2.45) is 0 Å². The highest BCUT2D eigenvalue weighted by molar-refractivity contribution is 4.84. The van der Waals surface area contributed by atoms with E-state index < -0.39 is 12.5 Å². The maximum Gasteiger partial charge on any atom is 0.109 e. The summed E-state index contributed by atoms with van der Waals surface area (Å²) < 4.78 is 0. The van der Waals surface area contributed by atoms with Gasteiger partial charge in [0.15, 0.2) is 0 Å². The average molecular weight is 270 g/mol. The van der Waals surface area contributed by atoms with Gasteiger partial charge in [-0.1, -0.05) is 26.0 Å². The van der Waals surface area contributed by atoms with Gasteiger partial charge in [0.2, 0.25) is 0 Å². The molecule has 3 atom stereocenters. The molecular weight excluding hydrogens is 240 g/mol. The first kappa shape index (κ1) is 18.3. The third-order valence-electron chi connectivity index (χ3n) is 3.32. The minimum atomic E-state index is -0.605. The predicted molar refractivity (Wildman–Crippen MR) is 80.7 cm³/mol. The van der Waals surface area contributed by atoms with Gasteiger partial charge >= 0.3 is 0 Å². The van der Waals surface area contributed by atoms with Crippen molar-refractivity contribution in [3.05, 3.63) is 25.3 Å². The summed E-state index contributed by atoms with van der Waals surface area (Å²) in [6.07, 6.45) is 3.71. The van der Waals surface area contributed by atoms with Gasteiger partial charge in [-0.2, -0.15) is 0 Å². The van der Waals surface area contributed by atoms with Crippen LogP contribution in [0.2, 0.25) is 0 Å². The highest BCUT2D eigenvalue weighted by Crippen LogP contribution is 2.12. The first-order chi connectivity index (χ1) is 9.01. The van der Waals surface area contributed by atoms with Crippen LogP contribution < -0.4 is 0 Å². The average Bonchev–Trinajstić information content (AvgIpc) is 2.42. The molecule has 3 unspecified atom stereocenters. The highest BCUT2D eigenvalue weighted by atomic mass is 16.3. The SMILES string of the molecule is C=CCN(CC=C)C(C)CN(C(O)CC)C(O)CC. The molecule has 112 valence electrons. The Hall–Kier alpha value is -0.680. The van der Waals surface area contributed by atoms with Gasteiger partial charge in [0.25, 0.3) is 0 Å². The molecule has 19 heavy (non-hydrogen) atoms. The monoisotopic (exact) mass is 270 g/mol. The minimum Gasteiger partial charge on any atom is -0.378 e. The molecule has 0 rings (SSSR count). The zero-order valence-corrected chi connectivity index (χ0v) is 12.6. The second kappa shape index (κ2) is 10.1. The van der Waals surface area contributed by atoms with Gasteiger partial charge in [0.1, 0.15) is 12.5 Å². The molecule has 0 aromatic carbocycles. The molecule has 0 aliphatic heterocycles. The Morgan fingerprint density at radius 3 is 1.74 bits per heavy atom. The Morgan fingerprint density at radius 2 is 1.42 bits per heavy atom. The molecule has 0 aliphatic rings. The highest BCUT2D eigenvalue weighted by Gasteiger charge is 2.24. The minimum absolute atomic E-state index is 0.207. The van der Waals surface area contributed by atoms with Crippen LogP contribution in [0, 0.1) is 0 Å². The predicted octanol–water partition coefficient (Wildman–Crippen LogP) is 1.81. The maximum absolute atomic E-state index is 10.0. The summed E-state index contributed by atoms with van der Waals surface area (Å²) >= 11 is 0. The van der Waals surface area contributed by atoms with Gasteiger partial charge in [0, 0.05) is 25.7 Å². The van der Waals surface area contributed by atoms with Crippen LogP contribution in [0.15, 0.2) is 25.3 Å². The summed E-state index contributed by atoms with van der Waals surface area (Å²) in [4.78, 5) is 3.96. The number of aliphatic hydroxyl groups is 2. The Kier molecular flexibility index (Phi) is 9.79. The van der Waals surface area contributed by atoms with Crippen LogP contribution in [0.5, 0.6) is 0 Å². The van der Waals surface area contributed by atoms with Crippen molar-refractivity contribution < 1.29 is 10.2 Å². The first-order valence-electron chi connectivity index (χ1n) is 7.09. The Balaban J connectivity index is 4.69. The normalized spacial score (nSPS) is 16.4. The molecule has 0 bridgehead atoms. The molecule has 4 nitrogen and oxygen atoms in total. The summed E-state index contributed by atoms with van der Waals surface area (Å²) in [5.74, 6) is 0. The van der Waals surface area contributed by atoms with Crippen molar-refractivity contribution in [3.8, 4) is 0 Å². The molecular formula is C15H30N2O2. The largest absolute Gasteiger partial charge is 0.378 e. The van der Waals surface area contributed by atoms with E-state index in [1.807, 2.05) is 26.0 Å². The van der Waals surface area contributed by atoms with Gasteiger partial charge in [0.05, 0.1) is 0 Å². The van der Waals surface area contributed by atoms with Crippen LogP contribution in [-0.4, -0.2) is 58.1 Å². The standard InChI is InChI=1S/C15H30N2O2/c1-6-10-16(11-7-2)13(5)12-17(14(18)8-3)15(19)9-4/h6-7,13-15,18-19H,1-2,8-12H2,3-5H3. The molecule has 0 aromatic rings. The lowest BCUT2D eigenvalue weighted by atomic mass is 10.2. The molecule has 0 saturated heterocycles. The zero-order chi connectivity index (χ0) is 14.8. The van der Waals surface area contributed by atoms with Crippen molar-refractivity contribution in [1.29, 1.82) is 0 Å². The van der Waals surface area contributed by atoms with E-state index in [4.69, 9.17) is 0 Å². The maximum atomic E-state index is 10.0. The molecule has 0 spiro atoms. The fourth-order valence-corrected chi connectivity index (χ4v) is 2.10. The molecule has 0 saturated carbocycles. The van der Waals surface area contributed by atoms with Gasteiger partial charge in [-0.25, -0.2) is 0 Å². The molecule has 0 amide bonds. The topological polar surface area (TPSA) is 46.9 Å². The van der Waals surface area contributed by atoms with Crippen molar-refractivity contribution in [2.45, 2.75) is 52.1 Å². The second-order valence-corrected chi connectivity index (χ2v) is 4.85. The third-order valence-corrected chi connectivity index (χ3v) is 3.32. The summed E-state index contributed by atoms with van der Waals surface area (Å²) in [6, 6.07) is 0.207. The molecule has 2 N–H and O–H groups in total. The van der Waals surface area contributed by atoms with Crippen LogP contribution in [0.4, 0.5) is 0 Å². The molecule has 0 heterocycles. The van der Waals surface area contributed by atoms with Crippen LogP contribution in [0.3, 0.4) is 0 Å². The van der Waals surface area contributed by atoms with E-state index >= 15 is 0 Å². The molecule has 0 aromatic heterocycles. The fraction of sp³-hybridized carbons (Fsp3) is 0.733. The Labute approximate surface area is 118 Å². The van der Waals surface area contributed by atoms with E-state index in [0.29, 0.717) is 19.4 Å². The Bertz CT molecular complexity index is 239. The van der Waals surface area contributed by atoms with Crippen molar-refractivity contribution in [3.63, 3.8) is 0 Å². The lowest BCUT2D eigenvalue weighted by Crippen LogP contribution is -2.50. The lowest BCUT2D eigenvalue weighted by molar-refractivity contribution is -0.111. The lowest BCUT2D eigenvalue weighted by Gasteiger charge is -2.36. The first-order valence-corrected chi connectivity index (χ1v) is 7.09. The van der Waals surface area contributed by atoms with E-state index in [0.717, 1.165) is 13.1 Å². The van der Waals surface area contributed by atoms with Gasteiger partial charge in [-0.15, -0.1) is 13.2 Å². The summed E-state index contributed by atoms with van der Waals surface area (Å²) in [7, 11) is 0. The summed E-state index contributed by atoms with van der Waals surface area (Å²) in [5.41, 5.74) is 0. The van der Waals surface area contributed by atoms with Gasteiger partial charge < -0.3 is 10.2 Å². The van der Waals surface area contributed by atoms with E-state index in [9.17, 15) is 10.2 Å². The quantitative estimate of drug-likeness (QED) is 0.444. The van der Waals surface area contributed by atoms with Gasteiger partial charge in [-0.05, 0) is 19.8 Å². The molecule has 0 fully saturated rings. The zero-order valence-electron chi connectivity index (χ0n) is 12.6. The molecule has 4 heteroatoms. The van der Waals surface area contributed by atoms with Crippen LogP contribution in [-0.2, 0) is 0 Å². The Morgan fingerprint density at radius 1 is 1.00 bits per heavy atom. The van der Waals surface area contributed by atoms with Crippen molar-refractivity contribution in [1.82, 2.24) is 9.80 Å². The summed E-state index contributed by atoms with van der Waals surface area (Å²) in [6.45, 7) is 15.6. The molecule has 0 aliphatic carbocycles. The molecule has 0 radical (unpaired) electrons. The van der Waals surface area contributed by atoms with E-state index in [-0.39, 0.29) is 6.04 Å². The smallest absolute Gasteiger partial charge is 0.109 e. The van der Waals surface area contributed by atoms with E-state index in [1.54, 1.807) is 4.90 Å². The summed E-state index contributed by atoms with van der Waals surface area (Å²) in [5, 5.41) is 20.0. The van der Waals surface area contributed by atoms with Crippen LogP contribution in [0.1, 0.15) is 33.6 Å². The van der Waals surface area contributed by atoms with Gasteiger partial charge in [-0.3, -0.25) is 9.80 Å². The number of nitrogens with zero attached hydrogens (tertiary/aromatic N) is 2. The number of hydrogen-bond acceptors (Lipinski definition) is 4. The van der Waals surface area contributed by atoms with Crippen molar-refractivity contribution >= 4 is 0 Å². The van der Waals surface area contributed by atoms with Crippen LogP contribution >= 0.6 is 0 Å². The van der Waals surface area contributed by atoms with E-state index in [1.165, 1.54) is 0 Å². The van der Waals surface area contributed by atoms with Crippen molar-refractivity contribution in [2.75, 3.05) is 19.6 Å². The second-order valence-electron chi connectivity index (χ2n) is 4.85. The number of aliphatic hydroxyl groups excluding tert-OH is 2. The number of hydrogen-bond donors (Lipinski definition) is 2. The third kappa shape index (κ3) is 6.34. The van der Waals surface area contributed by atoms with E-state index in [2.05, 4.69) is 25.0 Å². The van der Waals surface area contributed by atoms with Crippen LogP contribution in [0.25, 0.3) is 0 Å².